The molecule has 0 fully saturated rings. The third-order valence-electron chi connectivity index (χ3n) is 3.32. The zero-order valence-corrected chi connectivity index (χ0v) is 14.4. The minimum atomic E-state index is -0.0396. The van der Waals surface area contributed by atoms with Crippen molar-refractivity contribution in [2.24, 2.45) is 0 Å². The molecule has 0 aliphatic carbocycles. The first-order valence-electron chi connectivity index (χ1n) is 7.10. The number of nitrogen functional groups attached to an aromatic ring is 2. The fraction of sp³-hybridized carbons (Fsp3) is 0.111. The Morgan fingerprint density at radius 2 is 1.17 bits per heavy atom. The lowest BCUT2D eigenvalue weighted by atomic mass is 10.1. The summed E-state index contributed by atoms with van der Waals surface area (Å²) in [6.45, 7) is 7.73. The Kier molecular flexibility index (Phi) is 6.65. The average molecular weight is 345 g/mol. The normalized spacial score (nSPS) is 13.2. The molecular formula is C18H20N2OS2. The number of para-hydroxylation sites is 2. The predicted octanol–water partition coefficient (Wildman–Crippen LogP) is 5.32. The Hall–Kier alpha value is -1.82. The van der Waals surface area contributed by atoms with Crippen LogP contribution in [0.25, 0.3) is 0 Å². The van der Waals surface area contributed by atoms with Gasteiger partial charge in [0, 0.05) is 35.5 Å². The maximum Gasteiger partial charge on any atom is 0.0771 e. The third kappa shape index (κ3) is 4.58. The van der Waals surface area contributed by atoms with Gasteiger partial charge in [-0.1, -0.05) is 48.6 Å². The van der Waals surface area contributed by atoms with Gasteiger partial charge in [-0.3, -0.25) is 0 Å². The molecule has 120 valence electrons. The molecule has 0 aliphatic heterocycles. The highest BCUT2D eigenvalue weighted by Gasteiger charge is 2.16. The van der Waals surface area contributed by atoms with Crippen LogP contribution in [0.1, 0.15) is 21.6 Å². The molecule has 0 saturated carbocycles. The molecule has 0 saturated heterocycles. The molecule has 4 N–H and O–H groups in total. The highest BCUT2D eigenvalue weighted by atomic mass is 32.2. The molecule has 2 unspecified atom stereocenters. The Labute approximate surface area is 146 Å². The van der Waals surface area contributed by atoms with E-state index in [0.29, 0.717) is 0 Å². The average Bonchev–Trinajstić information content (AvgIpc) is 2.57. The summed E-state index contributed by atoms with van der Waals surface area (Å²) in [7, 11) is 0. The standard InChI is InChI=1S/C18H20N2OS2/c1-3-17(13-9-5-7-11-15(13)19)22-21-23-18(4-2)14-10-6-8-12-16(14)20/h3-12,17-18H,1-2,19-20H2. The van der Waals surface area contributed by atoms with Crippen molar-refractivity contribution in [3.63, 3.8) is 0 Å². The summed E-state index contributed by atoms with van der Waals surface area (Å²) in [5.41, 5.74) is 15.5. The van der Waals surface area contributed by atoms with Crippen LogP contribution in [0, 0.1) is 0 Å². The molecule has 2 rings (SSSR count). The zero-order valence-electron chi connectivity index (χ0n) is 12.7. The van der Waals surface area contributed by atoms with Crippen molar-refractivity contribution in [3.05, 3.63) is 85.0 Å². The van der Waals surface area contributed by atoms with Gasteiger partial charge < -0.3 is 11.5 Å². The van der Waals surface area contributed by atoms with Crippen LogP contribution < -0.4 is 11.5 Å². The minimum Gasteiger partial charge on any atom is -0.398 e. The van der Waals surface area contributed by atoms with Crippen LogP contribution in [0.5, 0.6) is 0 Å². The fourth-order valence-corrected chi connectivity index (χ4v) is 3.74. The van der Waals surface area contributed by atoms with Gasteiger partial charge in [-0.15, -0.1) is 13.2 Å². The molecule has 3 nitrogen and oxygen atoms in total. The van der Waals surface area contributed by atoms with E-state index >= 15 is 0 Å². The molecule has 0 bridgehead atoms. The van der Waals surface area contributed by atoms with Crippen LogP contribution in [0.2, 0.25) is 0 Å². The lowest BCUT2D eigenvalue weighted by Gasteiger charge is -2.17. The number of hydrogen-bond acceptors (Lipinski definition) is 5. The first-order valence-corrected chi connectivity index (χ1v) is 8.71. The van der Waals surface area contributed by atoms with Gasteiger partial charge >= 0.3 is 0 Å². The van der Waals surface area contributed by atoms with Crippen LogP contribution >= 0.6 is 24.1 Å². The topological polar surface area (TPSA) is 61.3 Å². The lowest BCUT2D eigenvalue weighted by molar-refractivity contribution is 0.743. The first-order chi connectivity index (χ1) is 11.2. The van der Waals surface area contributed by atoms with E-state index in [1.54, 1.807) is 0 Å². The molecule has 23 heavy (non-hydrogen) atoms. The Morgan fingerprint density at radius 3 is 1.52 bits per heavy atom. The maximum absolute atomic E-state index is 6.01. The summed E-state index contributed by atoms with van der Waals surface area (Å²) >= 11 is 2.62. The molecule has 0 spiro atoms. The van der Waals surface area contributed by atoms with E-state index in [1.165, 1.54) is 24.1 Å². The van der Waals surface area contributed by atoms with E-state index in [2.05, 4.69) is 13.2 Å². The molecule has 2 atom stereocenters. The second kappa shape index (κ2) is 8.72. The largest absolute Gasteiger partial charge is 0.398 e. The quantitative estimate of drug-likeness (QED) is 0.385. The molecule has 0 heterocycles. The van der Waals surface area contributed by atoms with E-state index in [9.17, 15) is 0 Å². The van der Waals surface area contributed by atoms with Gasteiger partial charge in [0.05, 0.1) is 10.5 Å². The van der Waals surface area contributed by atoms with E-state index in [-0.39, 0.29) is 10.5 Å². The highest BCUT2D eigenvalue weighted by Crippen LogP contribution is 2.41. The molecular weight excluding hydrogens is 324 g/mol. The third-order valence-corrected chi connectivity index (χ3v) is 5.26. The summed E-state index contributed by atoms with van der Waals surface area (Å²) < 4.78 is 5.74. The Balaban J connectivity index is 2.00. The molecule has 0 radical (unpaired) electrons. The molecule has 2 aromatic carbocycles. The smallest absolute Gasteiger partial charge is 0.0771 e. The van der Waals surface area contributed by atoms with Crippen molar-refractivity contribution in [1.82, 2.24) is 0 Å². The van der Waals surface area contributed by atoms with Gasteiger partial charge in [0.1, 0.15) is 0 Å². The van der Waals surface area contributed by atoms with Crippen LogP contribution in [0.3, 0.4) is 0 Å². The van der Waals surface area contributed by atoms with Gasteiger partial charge in [0.25, 0.3) is 0 Å². The van der Waals surface area contributed by atoms with Crippen molar-refractivity contribution < 1.29 is 3.63 Å². The number of anilines is 2. The summed E-state index contributed by atoms with van der Waals surface area (Å²) in [6.07, 6.45) is 3.63. The molecule has 0 aliphatic rings. The lowest BCUT2D eigenvalue weighted by Crippen LogP contribution is -1.98. The molecule has 0 amide bonds. The van der Waals surface area contributed by atoms with Gasteiger partial charge in [-0.05, 0) is 23.3 Å². The minimum absolute atomic E-state index is 0.0396. The summed E-state index contributed by atoms with van der Waals surface area (Å²) in [5.74, 6) is 0. The summed E-state index contributed by atoms with van der Waals surface area (Å²) in [6, 6.07) is 15.4. The van der Waals surface area contributed by atoms with Gasteiger partial charge in [-0.25, -0.2) is 3.63 Å². The van der Waals surface area contributed by atoms with Crippen LogP contribution in [-0.2, 0) is 3.63 Å². The molecule has 0 aromatic heterocycles. The number of benzene rings is 2. The van der Waals surface area contributed by atoms with Crippen molar-refractivity contribution in [2.45, 2.75) is 10.5 Å². The Bertz CT molecular complexity index is 618. The number of rotatable bonds is 8. The van der Waals surface area contributed by atoms with Crippen LogP contribution in [0.4, 0.5) is 11.4 Å². The summed E-state index contributed by atoms with van der Waals surface area (Å²) in [5, 5.41) is -0.0791. The fourth-order valence-electron chi connectivity index (χ4n) is 2.08. The second-order valence-electron chi connectivity index (χ2n) is 4.83. The Morgan fingerprint density at radius 1 is 0.783 bits per heavy atom. The molecule has 2 aromatic rings. The van der Waals surface area contributed by atoms with E-state index < -0.39 is 0 Å². The van der Waals surface area contributed by atoms with Crippen LogP contribution in [-0.4, -0.2) is 0 Å². The van der Waals surface area contributed by atoms with Gasteiger partial charge in [0.15, 0.2) is 0 Å². The van der Waals surface area contributed by atoms with Crippen molar-refractivity contribution in [3.8, 4) is 0 Å². The van der Waals surface area contributed by atoms with Gasteiger partial charge in [-0.2, -0.15) is 0 Å². The van der Waals surface area contributed by atoms with E-state index in [0.717, 1.165) is 22.5 Å². The van der Waals surface area contributed by atoms with Gasteiger partial charge in [0.2, 0.25) is 0 Å². The summed E-state index contributed by atoms with van der Waals surface area (Å²) in [4.78, 5) is 0. The highest BCUT2D eigenvalue weighted by molar-refractivity contribution is 8.08. The SMILES string of the molecule is C=CC(SOSC(C=C)c1ccccc1N)c1ccccc1N. The second-order valence-corrected chi connectivity index (χ2v) is 6.78. The number of hydrogen-bond donors (Lipinski definition) is 2. The monoisotopic (exact) mass is 344 g/mol. The van der Waals surface area contributed by atoms with Crippen molar-refractivity contribution in [2.75, 3.05) is 11.5 Å². The van der Waals surface area contributed by atoms with E-state index in [1.807, 2.05) is 60.7 Å². The predicted molar refractivity (Wildman–Crippen MR) is 104 cm³/mol. The molecule has 5 heteroatoms. The first kappa shape index (κ1) is 17.5. The van der Waals surface area contributed by atoms with Crippen molar-refractivity contribution in [1.29, 1.82) is 0 Å². The number of nitrogens with two attached hydrogens (primary N) is 2. The van der Waals surface area contributed by atoms with E-state index in [4.69, 9.17) is 15.1 Å². The zero-order chi connectivity index (χ0) is 16.7. The van der Waals surface area contributed by atoms with Crippen LogP contribution in [0.15, 0.2) is 73.8 Å². The maximum atomic E-state index is 6.01. The van der Waals surface area contributed by atoms with Crippen molar-refractivity contribution >= 4 is 35.5 Å².